The summed E-state index contributed by atoms with van der Waals surface area (Å²) in [6.07, 6.45) is 6.69. The number of unbranched alkanes of at least 4 members (excludes halogenated alkanes) is 1. The summed E-state index contributed by atoms with van der Waals surface area (Å²) in [5.74, 6) is -0.303. The Hall–Kier alpha value is -0.790. The van der Waals surface area contributed by atoms with Gasteiger partial charge in [-0.2, -0.15) is 0 Å². The maximum atomic E-state index is 11.0. The molecule has 1 unspecified atom stereocenters. The zero-order valence-electron chi connectivity index (χ0n) is 11.2. The van der Waals surface area contributed by atoms with Gasteiger partial charge in [-0.15, -0.1) is 0 Å². The number of carbonyl (C=O) groups is 1. The molecule has 0 spiro atoms. The minimum atomic E-state index is -0.303. The van der Waals surface area contributed by atoms with Crippen LogP contribution < -0.4 is 0 Å². The zero-order chi connectivity index (χ0) is 12.6. The summed E-state index contributed by atoms with van der Waals surface area (Å²) >= 11 is 0. The van der Waals surface area contributed by atoms with Crippen molar-refractivity contribution in [3.8, 4) is 0 Å². The highest BCUT2D eigenvalue weighted by Crippen LogP contribution is 2.22. The monoisotopic (exact) mass is 226 g/mol. The Morgan fingerprint density at radius 3 is 2.44 bits per heavy atom. The van der Waals surface area contributed by atoms with Gasteiger partial charge in [0.15, 0.2) is 0 Å². The van der Waals surface area contributed by atoms with Gasteiger partial charge >= 0.3 is 5.97 Å². The van der Waals surface area contributed by atoms with Crippen LogP contribution in [0.5, 0.6) is 0 Å². The average Bonchev–Trinajstić information content (AvgIpc) is 2.20. The van der Waals surface area contributed by atoms with Crippen molar-refractivity contribution >= 4 is 5.97 Å². The van der Waals surface area contributed by atoms with Crippen molar-refractivity contribution in [3.05, 3.63) is 12.7 Å². The van der Waals surface area contributed by atoms with E-state index in [0.29, 0.717) is 5.41 Å². The van der Waals surface area contributed by atoms with Crippen molar-refractivity contribution in [1.29, 1.82) is 0 Å². The van der Waals surface area contributed by atoms with Crippen LogP contribution in [-0.4, -0.2) is 12.1 Å². The molecule has 0 aromatic rings. The molecule has 2 heteroatoms. The minimum absolute atomic E-state index is 0.0606. The third-order valence-electron chi connectivity index (χ3n) is 2.61. The predicted molar refractivity (Wildman–Crippen MR) is 68.3 cm³/mol. The lowest BCUT2D eigenvalue weighted by Crippen LogP contribution is -2.16. The van der Waals surface area contributed by atoms with Crippen LogP contribution in [0.4, 0.5) is 0 Å². The Bertz CT molecular complexity index is 213. The molecule has 0 aliphatic rings. The average molecular weight is 226 g/mol. The van der Waals surface area contributed by atoms with E-state index < -0.39 is 0 Å². The molecule has 0 heterocycles. The van der Waals surface area contributed by atoms with Crippen molar-refractivity contribution in [3.63, 3.8) is 0 Å². The topological polar surface area (TPSA) is 26.3 Å². The van der Waals surface area contributed by atoms with Gasteiger partial charge in [0, 0.05) is 6.08 Å². The second-order valence-corrected chi connectivity index (χ2v) is 5.48. The lowest BCUT2D eigenvalue weighted by atomic mass is 9.89. The van der Waals surface area contributed by atoms with Gasteiger partial charge in [0.25, 0.3) is 0 Å². The smallest absolute Gasteiger partial charge is 0.330 e. The van der Waals surface area contributed by atoms with Gasteiger partial charge in [0.05, 0.1) is 0 Å². The molecule has 0 aliphatic heterocycles. The Morgan fingerprint density at radius 2 is 2.00 bits per heavy atom. The molecule has 0 aromatic carbocycles. The first-order valence-electron chi connectivity index (χ1n) is 6.22. The van der Waals surface area contributed by atoms with Crippen molar-refractivity contribution in [1.82, 2.24) is 0 Å². The fraction of sp³-hybridized carbons (Fsp3) is 0.786. The molecule has 0 N–H and O–H groups in total. The Labute approximate surface area is 100 Å². The number of carbonyl (C=O) groups excluding carboxylic acids is 1. The first kappa shape index (κ1) is 15.2. The van der Waals surface area contributed by atoms with Crippen LogP contribution in [0.2, 0.25) is 0 Å². The van der Waals surface area contributed by atoms with E-state index in [1.807, 2.05) is 6.92 Å². The standard InChI is InChI=1S/C14H26O2/c1-6-12(16-13(15)7-2)10-8-9-11-14(3,4)5/h7,12H,2,6,8-11H2,1,3-5H3. The molecule has 0 radical (unpaired) electrons. The number of esters is 1. The van der Waals surface area contributed by atoms with Gasteiger partial charge in [-0.25, -0.2) is 4.79 Å². The van der Waals surface area contributed by atoms with Gasteiger partial charge in [0.2, 0.25) is 0 Å². The van der Waals surface area contributed by atoms with E-state index in [0.717, 1.165) is 19.3 Å². The molecule has 0 amide bonds. The molecule has 0 saturated heterocycles. The molecule has 0 aromatic heterocycles. The lowest BCUT2D eigenvalue weighted by Gasteiger charge is -2.19. The van der Waals surface area contributed by atoms with Crippen LogP contribution in [0.3, 0.4) is 0 Å². The minimum Gasteiger partial charge on any atom is -0.459 e. The van der Waals surface area contributed by atoms with E-state index >= 15 is 0 Å². The highest BCUT2D eigenvalue weighted by atomic mass is 16.5. The van der Waals surface area contributed by atoms with Crippen LogP contribution in [0.15, 0.2) is 12.7 Å². The summed E-state index contributed by atoms with van der Waals surface area (Å²) in [5, 5.41) is 0. The van der Waals surface area contributed by atoms with Crippen molar-refractivity contribution in [2.75, 3.05) is 0 Å². The Morgan fingerprint density at radius 1 is 1.38 bits per heavy atom. The molecule has 1 atom stereocenters. The summed E-state index contributed by atoms with van der Waals surface area (Å²) in [6.45, 7) is 12.2. The second-order valence-electron chi connectivity index (χ2n) is 5.48. The first-order valence-corrected chi connectivity index (χ1v) is 6.22. The quantitative estimate of drug-likeness (QED) is 0.371. The van der Waals surface area contributed by atoms with E-state index in [4.69, 9.17) is 4.74 Å². The van der Waals surface area contributed by atoms with E-state index in [-0.39, 0.29) is 12.1 Å². The SMILES string of the molecule is C=CC(=O)OC(CC)CCCCC(C)(C)C. The molecule has 94 valence electrons. The first-order chi connectivity index (χ1) is 7.39. The normalized spacial score (nSPS) is 13.2. The summed E-state index contributed by atoms with van der Waals surface area (Å²) < 4.78 is 5.22. The van der Waals surface area contributed by atoms with Gasteiger partial charge < -0.3 is 4.74 Å². The number of ether oxygens (including phenoxy) is 1. The maximum absolute atomic E-state index is 11.0. The van der Waals surface area contributed by atoms with Gasteiger partial charge in [-0.05, 0) is 31.1 Å². The van der Waals surface area contributed by atoms with Gasteiger partial charge in [-0.3, -0.25) is 0 Å². The number of hydrogen-bond donors (Lipinski definition) is 0. The maximum Gasteiger partial charge on any atom is 0.330 e. The number of hydrogen-bond acceptors (Lipinski definition) is 2. The van der Waals surface area contributed by atoms with E-state index in [9.17, 15) is 4.79 Å². The summed E-state index contributed by atoms with van der Waals surface area (Å²) in [7, 11) is 0. The summed E-state index contributed by atoms with van der Waals surface area (Å²) in [6, 6.07) is 0. The van der Waals surface area contributed by atoms with Crippen LogP contribution in [-0.2, 0) is 9.53 Å². The van der Waals surface area contributed by atoms with Crippen LogP contribution in [0.1, 0.15) is 59.8 Å². The molecule has 0 rings (SSSR count). The molecule has 2 nitrogen and oxygen atoms in total. The molecule has 16 heavy (non-hydrogen) atoms. The number of rotatable bonds is 7. The molecule has 0 bridgehead atoms. The largest absolute Gasteiger partial charge is 0.459 e. The van der Waals surface area contributed by atoms with Crippen molar-refractivity contribution in [2.24, 2.45) is 5.41 Å². The third-order valence-corrected chi connectivity index (χ3v) is 2.61. The fourth-order valence-corrected chi connectivity index (χ4v) is 1.59. The second kappa shape index (κ2) is 7.48. The van der Waals surface area contributed by atoms with E-state index in [2.05, 4.69) is 27.4 Å². The van der Waals surface area contributed by atoms with Gasteiger partial charge in [-0.1, -0.05) is 40.7 Å². The molecule has 0 saturated carbocycles. The lowest BCUT2D eigenvalue weighted by molar-refractivity contribution is -0.143. The van der Waals surface area contributed by atoms with Crippen molar-refractivity contribution < 1.29 is 9.53 Å². The van der Waals surface area contributed by atoms with Gasteiger partial charge in [0.1, 0.15) is 6.10 Å². The molecule has 0 aliphatic carbocycles. The van der Waals surface area contributed by atoms with E-state index in [1.54, 1.807) is 0 Å². The third kappa shape index (κ3) is 8.51. The Balaban J connectivity index is 3.71. The molecular weight excluding hydrogens is 200 g/mol. The highest BCUT2D eigenvalue weighted by Gasteiger charge is 2.12. The zero-order valence-corrected chi connectivity index (χ0v) is 11.2. The van der Waals surface area contributed by atoms with Crippen LogP contribution >= 0.6 is 0 Å². The van der Waals surface area contributed by atoms with Crippen molar-refractivity contribution in [2.45, 2.75) is 65.9 Å². The fourth-order valence-electron chi connectivity index (χ4n) is 1.59. The van der Waals surface area contributed by atoms with Crippen LogP contribution in [0, 0.1) is 5.41 Å². The van der Waals surface area contributed by atoms with E-state index in [1.165, 1.54) is 18.9 Å². The summed E-state index contributed by atoms with van der Waals surface area (Å²) in [4.78, 5) is 11.0. The Kier molecular flexibility index (Phi) is 7.11. The van der Waals surface area contributed by atoms with Crippen LogP contribution in [0.25, 0.3) is 0 Å². The molecular formula is C14H26O2. The molecule has 0 fully saturated rings. The predicted octanol–water partition coefficient (Wildman–Crippen LogP) is 4.10. The highest BCUT2D eigenvalue weighted by molar-refractivity contribution is 5.81. The summed E-state index contributed by atoms with van der Waals surface area (Å²) in [5.41, 5.74) is 0.402.